The van der Waals surface area contributed by atoms with Crippen molar-refractivity contribution in [2.75, 3.05) is 38.8 Å². The van der Waals surface area contributed by atoms with Crippen LogP contribution in [0.2, 0.25) is 0 Å². The number of likely N-dealkylation sites (N-methyl/N-ethyl adjacent to an activating group) is 1. The Labute approximate surface area is 188 Å². The molecule has 2 aromatic carbocycles. The molecule has 1 aliphatic heterocycles. The number of hydrogen-bond acceptors (Lipinski definition) is 5. The van der Waals surface area contributed by atoms with E-state index in [4.69, 9.17) is 14.2 Å². The number of hydrogen-bond donors (Lipinski definition) is 0. The van der Waals surface area contributed by atoms with Gasteiger partial charge in [0.05, 0.1) is 13.7 Å². The molecule has 0 spiro atoms. The van der Waals surface area contributed by atoms with E-state index in [0.29, 0.717) is 43.5 Å². The third kappa shape index (κ3) is 4.98. The summed E-state index contributed by atoms with van der Waals surface area (Å²) in [4.78, 5) is 27.6. The van der Waals surface area contributed by atoms with E-state index in [2.05, 4.69) is 12.1 Å². The summed E-state index contributed by atoms with van der Waals surface area (Å²) in [6.07, 6.45) is 2.66. The van der Waals surface area contributed by atoms with E-state index in [9.17, 15) is 9.59 Å². The van der Waals surface area contributed by atoms with Gasteiger partial charge in [0.25, 0.3) is 5.91 Å². The Bertz CT molecular complexity index is 971. The lowest BCUT2D eigenvalue weighted by Gasteiger charge is -2.20. The van der Waals surface area contributed by atoms with Gasteiger partial charge in [0.1, 0.15) is 12.4 Å². The van der Waals surface area contributed by atoms with Crippen molar-refractivity contribution in [1.29, 1.82) is 0 Å². The minimum atomic E-state index is -0.495. The molecule has 7 heteroatoms. The number of carbonyl (C=O) groups is 2. The van der Waals surface area contributed by atoms with Crippen LogP contribution < -0.4 is 19.1 Å². The molecule has 1 heterocycles. The molecule has 32 heavy (non-hydrogen) atoms. The van der Waals surface area contributed by atoms with Gasteiger partial charge in [-0.25, -0.2) is 0 Å². The topological polar surface area (TPSA) is 68.3 Å². The number of rotatable bonds is 9. The maximum absolute atomic E-state index is 13.0. The summed E-state index contributed by atoms with van der Waals surface area (Å²) < 4.78 is 17.2. The quantitative estimate of drug-likeness (QED) is 0.598. The van der Waals surface area contributed by atoms with Gasteiger partial charge in [-0.1, -0.05) is 12.1 Å². The maximum Gasteiger partial charge on any atom is 0.268 e. The van der Waals surface area contributed by atoms with E-state index in [1.165, 1.54) is 25.3 Å². The standard InChI is InChI=1S/C25H30N2O5/c1-17(28)26(2)14-15-31-22-11-8-20(16-24(22)30-3)27-13-12-23(25(27)29)32-21-9-6-19(7-10-21)18-4-5-18/h6-11,16,18,23H,4-5,12-15H2,1-3H3/t23-/m0/s1. The summed E-state index contributed by atoms with van der Waals surface area (Å²) in [6.45, 7) is 2.93. The summed E-state index contributed by atoms with van der Waals surface area (Å²) in [5.74, 6) is 2.47. The number of amides is 2. The van der Waals surface area contributed by atoms with Crippen LogP contribution >= 0.6 is 0 Å². The van der Waals surface area contributed by atoms with Crippen LogP contribution in [0.5, 0.6) is 17.2 Å². The van der Waals surface area contributed by atoms with Gasteiger partial charge in [0.2, 0.25) is 5.91 Å². The van der Waals surface area contributed by atoms with Crippen molar-refractivity contribution in [2.24, 2.45) is 0 Å². The minimum absolute atomic E-state index is 0.0147. The van der Waals surface area contributed by atoms with Crippen LogP contribution in [-0.2, 0) is 9.59 Å². The number of nitrogens with zero attached hydrogens (tertiary/aromatic N) is 2. The van der Waals surface area contributed by atoms with Gasteiger partial charge in [-0.3, -0.25) is 9.59 Å². The molecule has 2 amide bonds. The average molecular weight is 439 g/mol. The van der Waals surface area contributed by atoms with Crippen LogP contribution in [0.3, 0.4) is 0 Å². The Balaban J connectivity index is 1.37. The first-order chi connectivity index (χ1) is 15.5. The summed E-state index contributed by atoms with van der Waals surface area (Å²) >= 11 is 0. The first-order valence-corrected chi connectivity index (χ1v) is 11.1. The molecule has 2 fully saturated rings. The monoisotopic (exact) mass is 438 g/mol. The lowest BCUT2D eigenvalue weighted by molar-refractivity contribution is -0.127. The molecule has 2 aliphatic rings. The summed E-state index contributed by atoms with van der Waals surface area (Å²) in [7, 11) is 3.29. The molecule has 1 aliphatic carbocycles. The van der Waals surface area contributed by atoms with Gasteiger partial charge in [-0.2, -0.15) is 0 Å². The van der Waals surface area contributed by atoms with Crippen molar-refractivity contribution in [2.45, 2.75) is 38.2 Å². The van der Waals surface area contributed by atoms with Crippen molar-refractivity contribution in [3.05, 3.63) is 48.0 Å². The van der Waals surface area contributed by atoms with Crippen molar-refractivity contribution in [1.82, 2.24) is 4.90 Å². The molecule has 0 bridgehead atoms. The zero-order valence-electron chi connectivity index (χ0n) is 18.9. The van der Waals surface area contributed by atoms with Crippen LogP contribution in [0.1, 0.15) is 37.7 Å². The molecule has 4 rings (SSSR count). The zero-order chi connectivity index (χ0) is 22.7. The lowest BCUT2D eigenvalue weighted by atomic mass is 10.1. The fourth-order valence-electron chi connectivity index (χ4n) is 3.81. The first kappa shape index (κ1) is 22.0. The Kier molecular flexibility index (Phi) is 6.53. The van der Waals surface area contributed by atoms with E-state index in [1.54, 1.807) is 36.1 Å². The fraction of sp³-hybridized carbons (Fsp3) is 0.440. The van der Waals surface area contributed by atoms with Crippen molar-refractivity contribution in [3.63, 3.8) is 0 Å². The van der Waals surface area contributed by atoms with Crippen LogP contribution in [0.15, 0.2) is 42.5 Å². The molecule has 0 unspecified atom stereocenters. The normalized spacial score (nSPS) is 17.9. The van der Waals surface area contributed by atoms with Crippen LogP contribution in [0.25, 0.3) is 0 Å². The van der Waals surface area contributed by atoms with Gasteiger partial charge >= 0.3 is 0 Å². The number of ether oxygens (including phenoxy) is 3. The summed E-state index contributed by atoms with van der Waals surface area (Å²) in [5.41, 5.74) is 2.09. The predicted octanol–water partition coefficient (Wildman–Crippen LogP) is 3.61. The predicted molar refractivity (Wildman–Crippen MR) is 122 cm³/mol. The highest BCUT2D eigenvalue weighted by Crippen LogP contribution is 2.40. The van der Waals surface area contributed by atoms with Crippen LogP contribution in [-0.4, -0.2) is 56.7 Å². The Morgan fingerprint density at radius 2 is 1.84 bits per heavy atom. The first-order valence-electron chi connectivity index (χ1n) is 11.1. The van der Waals surface area contributed by atoms with E-state index >= 15 is 0 Å². The third-order valence-corrected chi connectivity index (χ3v) is 6.04. The van der Waals surface area contributed by atoms with E-state index in [0.717, 1.165) is 11.4 Å². The van der Waals surface area contributed by atoms with E-state index in [-0.39, 0.29) is 11.8 Å². The molecule has 1 saturated carbocycles. The molecule has 0 radical (unpaired) electrons. The largest absolute Gasteiger partial charge is 0.493 e. The van der Waals surface area contributed by atoms with Crippen molar-refractivity contribution in [3.8, 4) is 17.2 Å². The van der Waals surface area contributed by atoms with Gasteiger partial charge in [-0.05, 0) is 48.6 Å². The fourth-order valence-corrected chi connectivity index (χ4v) is 3.81. The van der Waals surface area contributed by atoms with Gasteiger partial charge in [0, 0.05) is 38.7 Å². The molecule has 1 saturated heterocycles. The molecule has 1 atom stereocenters. The van der Waals surface area contributed by atoms with Gasteiger partial charge in [-0.15, -0.1) is 0 Å². The van der Waals surface area contributed by atoms with Crippen LogP contribution in [0, 0.1) is 0 Å². The average Bonchev–Trinajstić information content (AvgIpc) is 3.58. The summed E-state index contributed by atoms with van der Waals surface area (Å²) in [6, 6.07) is 13.6. The van der Waals surface area contributed by atoms with Crippen LogP contribution in [0.4, 0.5) is 5.69 Å². The number of methoxy groups -OCH3 is 1. The Morgan fingerprint density at radius 1 is 1.09 bits per heavy atom. The second kappa shape index (κ2) is 9.51. The Hall–Kier alpha value is -3.22. The zero-order valence-corrected chi connectivity index (χ0v) is 18.9. The molecular formula is C25H30N2O5. The smallest absolute Gasteiger partial charge is 0.268 e. The van der Waals surface area contributed by atoms with Gasteiger partial charge < -0.3 is 24.0 Å². The molecule has 7 nitrogen and oxygen atoms in total. The molecule has 0 aromatic heterocycles. The maximum atomic E-state index is 13.0. The molecule has 170 valence electrons. The van der Waals surface area contributed by atoms with Crippen molar-refractivity contribution < 1.29 is 23.8 Å². The second-order valence-corrected chi connectivity index (χ2v) is 8.35. The molecule has 0 N–H and O–H groups in total. The van der Waals surface area contributed by atoms with Gasteiger partial charge in [0.15, 0.2) is 17.6 Å². The highest BCUT2D eigenvalue weighted by molar-refractivity contribution is 5.99. The molecule has 2 aromatic rings. The number of carbonyl (C=O) groups excluding carboxylic acids is 2. The summed E-state index contributed by atoms with van der Waals surface area (Å²) in [5, 5.41) is 0. The third-order valence-electron chi connectivity index (χ3n) is 6.04. The van der Waals surface area contributed by atoms with Crippen molar-refractivity contribution >= 4 is 17.5 Å². The highest BCUT2D eigenvalue weighted by Gasteiger charge is 2.35. The minimum Gasteiger partial charge on any atom is -0.493 e. The Morgan fingerprint density at radius 3 is 2.50 bits per heavy atom. The number of benzene rings is 2. The van der Waals surface area contributed by atoms with E-state index < -0.39 is 6.10 Å². The second-order valence-electron chi connectivity index (χ2n) is 8.35. The highest BCUT2D eigenvalue weighted by atomic mass is 16.5. The SMILES string of the molecule is COc1cc(N2CC[C@H](Oc3ccc(C4CC4)cc3)C2=O)ccc1OCCN(C)C(C)=O. The molecular weight excluding hydrogens is 408 g/mol. The lowest BCUT2D eigenvalue weighted by Crippen LogP contribution is -2.32. The van der Waals surface area contributed by atoms with E-state index in [1.807, 2.05) is 18.2 Å². The number of anilines is 1.